The van der Waals surface area contributed by atoms with Gasteiger partial charge in [-0.05, 0) is 86.1 Å². The second kappa shape index (κ2) is 7.10. The lowest BCUT2D eigenvalue weighted by Crippen LogP contribution is -2.50. The van der Waals surface area contributed by atoms with Crippen molar-refractivity contribution in [3.8, 4) is 17.6 Å². The summed E-state index contributed by atoms with van der Waals surface area (Å²) in [6.45, 7) is 6.02. The largest absolute Gasteiger partial charge is 0.508 e. The quantitative estimate of drug-likeness (QED) is 0.607. The van der Waals surface area contributed by atoms with Crippen LogP contribution in [0.1, 0.15) is 75.8 Å². The molecule has 3 fully saturated rings. The van der Waals surface area contributed by atoms with E-state index >= 15 is 0 Å². The number of hydrogen-bond donors (Lipinski definition) is 2. The zero-order valence-electron chi connectivity index (χ0n) is 18.8. The SMILES string of the molecule is CC#C[C@]1(O)CC[C@H]2[C@@H]3CC=C4CC(=O)CCC4=C3[C@@H](c3ccc(O)c(C)c3)C[C@@]21C. The topological polar surface area (TPSA) is 57.5 Å². The number of hydrogen-bond acceptors (Lipinski definition) is 3. The number of aryl methyl sites for hydroxylation is 1. The lowest BCUT2D eigenvalue weighted by atomic mass is 9.51. The van der Waals surface area contributed by atoms with Crippen molar-refractivity contribution in [3.05, 3.63) is 52.1 Å². The van der Waals surface area contributed by atoms with Gasteiger partial charge in [0.15, 0.2) is 0 Å². The predicted molar refractivity (Wildman–Crippen MR) is 122 cm³/mol. The molecule has 0 amide bonds. The molecule has 0 unspecified atom stereocenters. The van der Waals surface area contributed by atoms with Gasteiger partial charge in [0.25, 0.3) is 0 Å². The summed E-state index contributed by atoms with van der Waals surface area (Å²) in [4.78, 5) is 12.2. The van der Waals surface area contributed by atoms with E-state index < -0.39 is 5.60 Å². The number of carbonyl (C=O) groups excluding carboxylic acids is 1. The molecule has 0 aliphatic heterocycles. The molecule has 3 saturated carbocycles. The predicted octanol–water partition coefficient (Wildman–Crippen LogP) is 5.35. The van der Waals surface area contributed by atoms with Crippen molar-refractivity contribution in [1.29, 1.82) is 0 Å². The second-order valence-corrected chi connectivity index (χ2v) is 10.3. The van der Waals surface area contributed by atoms with Gasteiger partial charge in [-0.3, -0.25) is 4.79 Å². The van der Waals surface area contributed by atoms with Crippen LogP contribution in [0.5, 0.6) is 5.75 Å². The van der Waals surface area contributed by atoms with Crippen LogP contribution in [0.2, 0.25) is 0 Å². The monoisotopic (exact) mass is 416 g/mol. The molecule has 1 aromatic carbocycles. The Kier molecular flexibility index (Phi) is 4.72. The van der Waals surface area contributed by atoms with E-state index in [2.05, 4.69) is 30.9 Å². The van der Waals surface area contributed by atoms with Gasteiger partial charge in [-0.1, -0.05) is 36.6 Å². The van der Waals surface area contributed by atoms with Gasteiger partial charge in [-0.25, -0.2) is 0 Å². The number of ketones is 1. The van der Waals surface area contributed by atoms with E-state index in [4.69, 9.17) is 0 Å². The highest BCUT2D eigenvalue weighted by Gasteiger charge is 2.62. The second-order valence-electron chi connectivity index (χ2n) is 10.3. The molecular formula is C28H32O3. The summed E-state index contributed by atoms with van der Waals surface area (Å²) >= 11 is 0. The number of phenolic OH excluding ortho intramolecular Hbond substituents is 1. The Balaban J connectivity index is 1.69. The summed E-state index contributed by atoms with van der Waals surface area (Å²) in [5.41, 5.74) is 5.01. The van der Waals surface area contributed by atoms with Crippen LogP contribution >= 0.6 is 0 Å². The minimum atomic E-state index is -0.959. The van der Waals surface area contributed by atoms with Gasteiger partial charge in [0.1, 0.15) is 17.1 Å². The summed E-state index contributed by atoms with van der Waals surface area (Å²) in [5, 5.41) is 21.8. The molecular weight excluding hydrogens is 384 g/mol. The third kappa shape index (κ3) is 2.95. The number of aliphatic hydroxyl groups is 1. The highest BCUT2D eigenvalue weighted by Crippen LogP contribution is 2.66. The van der Waals surface area contributed by atoms with Gasteiger partial charge in [0.05, 0.1) is 0 Å². The molecule has 0 aromatic heterocycles. The van der Waals surface area contributed by atoms with Crippen molar-refractivity contribution in [2.24, 2.45) is 17.3 Å². The molecule has 5 rings (SSSR count). The van der Waals surface area contributed by atoms with Crippen LogP contribution in [0.3, 0.4) is 0 Å². The minimum absolute atomic E-state index is 0.181. The summed E-state index contributed by atoms with van der Waals surface area (Å²) < 4.78 is 0. The summed E-state index contributed by atoms with van der Waals surface area (Å²) in [5.74, 6) is 7.84. The molecule has 1 aromatic rings. The molecule has 0 heterocycles. The van der Waals surface area contributed by atoms with Crippen molar-refractivity contribution >= 4 is 5.78 Å². The minimum Gasteiger partial charge on any atom is -0.508 e. The Labute approximate surface area is 185 Å². The highest BCUT2D eigenvalue weighted by atomic mass is 16.3. The van der Waals surface area contributed by atoms with Gasteiger partial charge < -0.3 is 10.2 Å². The lowest BCUT2D eigenvalue weighted by molar-refractivity contribution is -0.118. The van der Waals surface area contributed by atoms with E-state index in [1.54, 1.807) is 6.07 Å². The number of benzene rings is 1. The van der Waals surface area contributed by atoms with Crippen LogP contribution in [0.15, 0.2) is 41.0 Å². The fraction of sp³-hybridized carbons (Fsp3) is 0.536. The first-order valence-corrected chi connectivity index (χ1v) is 11.7. The maximum atomic E-state index is 12.2. The van der Waals surface area contributed by atoms with Crippen LogP contribution in [-0.4, -0.2) is 21.6 Å². The Bertz CT molecular complexity index is 1080. The van der Waals surface area contributed by atoms with Gasteiger partial charge in [0, 0.05) is 24.2 Å². The smallest absolute Gasteiger partial charge is 0.137 e. The summed E-state index contributed by atoms with van der Waals surface area (Å²) in [6, 6.07) is 5.96. The van der Waals surface area contributed by atoms with E-state index in [0.29, 0.717) is 36.2 Å². The van der Waals surface area contributed by atoms with E-state index in [1.807, 2.05) is 19.9 Å². The highest BCUT2D eigenvalue weighted by molar-refractivity contribution is 5.84. The van der Waals surface area contributed by atoms with Crippen molar-refractivity contribution in [2.45, 2.75) is 77.2 Å². The Morgan fingerprint density at radius 2 is 2.03 bits per heavy atom. The number of phenols is 1. The number of fused-ring (bicyclic) bond motifs is 4. The summed E-state index contributed by atoms with van der Waals surface area (Å²) in [7, 11) is 0. The van der Waals surface area contributed by atoms with Crippen LogP contribution in [0.25, 0.3) is 0 Å². The third-order valence-electron chi connectivity index (χ3n) is 8.82. The van der Waals surface area contributed by atoms with Crippen molar-refractivity contribution < 1.29 is 15.0 Å². The fourth-order valence-electron chi connectivity index (χ4n) is 7.21. The van der Waals surface area contributed by atoms with Crippen LogP contribution in [-0.2, 0) is 4.79 Å². The lowest BCUT2D eigenvalue weighted by Gasteiger charge is -2.53. The normalized spacial score (nSPS) is 36.7. The number of rotatable bonds is 1. The van der Waals surface area contributed by atoms with Gasteiger partial charge in [0.2, 0.25) is 0 Å². The van der Waals surface area contributed by atoms with Crippen LogP contribution in [0.4, 0.5) is 0 Å². The van der Waals surface area contributed by atoms with E-state index in [1.165, 1.54) is 22.3 Å². The molecule has 4 aliphatic rings. The fourth-order valence-corrected chi connectivity index (χ4v) is 7.21. The maximum Gasteiger partial charge on any atom is 0.137 e. The molecule has 0 radical (unpaired) electrons. The van der Waals surface area contributed by atoms with Crippen molar-refractivity contribution in [3.63, 3.8) is 0 Å². The maximum absolute atomic E-state index is 12.2. The molecule has 5 atom stereocenters. The zero-order valence-corrected chi connectivity index (χ0v) is 18.8. The van der Waals surface area contributed by atoms with Gasteiger partial charge >= 0.3 is 0 Å². The Hall–Kier alpha value is -2.31. The van der Waals surface area contributed by atoms with Gasteiger partial charge in [-0.2, -0.15) is 0 Å². The van der Waals surface area contributed by atoms with Crippen molar-refractivity contribution in [2.75, 3.05) is 0 Å². The Morgan fingerprint density at radius 1 is 1.23 bits per heavy atom. The molecule has 3 heteroatoms. The molecule has 0 spiro atoms. The van der Waals surface area contributed by atoms with Crippen LogP contribution < -0.4 is 0 Å². The molecule has 0 bridgehead atoms. The van der Waals surface area contributed by atoms with Gasteiger partial charge in [-0.15, -0.1) is 5.92 Å². The molecule has 0 saturated heterocycles. The number of allylic oxidation sites excluding steroid dienone is 4. The Morgan fingerprint density at radius 3 is 2.77 bits per heavy atom. The third-order valence-corrected chi connectivity index (χ3v) is 8.82. The molecule has 31 heavy (non-hydrogen) atoms. The van der Waals surface area contributed by atoms with E-state index in [9.17, 15) is 15.0 Å². The zero-order chi connectivity index (χ0) is 22.0. The molecule has 3 nitrogen and oxygen atoms in total. The first-order valence-electron chi connectivity index (χ1n) is 11.7. The van der Waals surface area contributed by atoms with E-state index in [-0.39, 0.29) is 11.3 Å². The van der Waals surface area contributed by atoms with Crippen molar-refractivity contribution in [1.82, 2.24) is 0 Å². The standard InChI is InChI=1S/C28H32O3/c1-4-12-28(31)13-11-24-22-8-5-19-15-20(29)7-9-21(19)26(22)23(16-27(24,28)3)18-6-10-25(30)17(2)14-18/h5-6,10,14,22-24,30-31H,7-9,11,13,15-16H2,1-3H3/t22-,23+,24-,27-,28-/m0/s1. The number of carbonyl (C=O) groups is 1. The number of aromatic hydroxyl groups is 1. The molecule has 2 N–H and O–H groups in total. The number of Topliss-reactive ketones (excluding diaryl/α,β-unsaturated/α-hetero) is 1. The first kappa shape index (κ1) is 20.6. The average Bonchev–Trinajstić information content (AvgIpc) is 3.00. The van der Waals surface area contributed by atoms with Crippen LogP contribution in [0, 0.1) is 36.0 Å². The first-order chi connectivity index (χ1) is 14.8. The van der Waals surface area contributed by atoms with E-state index in [0.717, 1.165) is 37.7 Å². The molecule has 162 valence electrons. The molecule has 4 aliphatic carbocycles. The summed E-state index contributed by atoms with van der Waals surface area (Å²) in [6.07, 6.45) is 7.88. The average molecular weight is 417 g/mol.